The van der Waals surface area contributed by atoms with E-state index in [1.807, 2.05) is 9.19 Å². The summed E-state index contributed by atoms with van der Waals surface area (Å²) in [5.41, 5.74) is 4.79. The van der Waals surface area contributed by atoms with Gasteiger partial charge in [0.05, 0.1) is 0 Å². The van der Waals surface area contributed by atoms with E-state index in [0.717, 1.165) is 4.22 Å². The Balaban J connectivity index is 0.000000882. The zero-order valence-corrected chi connectivity index (χ0v) is 15.1. The van der Waals surface area contributed by atoms with Gasteiger partial charge in [-0.05, 0) is 0 Å². The van der Waals surface area contributed by atoms with Crippen LogP contribution in [0.25, 0.3) is 6.08 Å². The van der Waals surface area contributed by atoms with Crippen molar-refractivity contribution in [3.63, 3.8) is 0 Å². The van der Waals surface area contributed by atoms with Crippen LogP contribution in [0.5, 0.6) is 0 Å². The first-order valence-corrected chi connectivity index (χ1v) is 11.0. The molecule has 3 aliphatic rings. The maximum atomic E-state index is 2.53. The van der Waals surface area contributed by atoms with Crippen LogP contribution in [0, 0.1) is 0 Å². The molecule has 114 valence electrons. The van der Waals surface area contributed by atoms with Crippen LogP contribution in [-0.2, 0) is 19.2 Å². The van der Waals surface area contributed by atoms with Crippen LogP contribution in [0.3, 0.4) is 0 Å². The predicted octanol–water partition coefficient (Wildman–Crippen LogP) is -0.708. The molecule has 0 aromatic heterocycles. The van der Waals surface area contributed by atoms with E-state index in [9.17, 15) is 0 Å². The van der Waals surface area contributed by atoms with Crippen molar-refractivity contribution in [1.29, 1.82) is 0 Å². The fourth-order valence-electron chi connectivity index (χ4n) is 3.49. The summed E-state index contributed by atoms with van der Waals surface area (Å²) in [5.74, 6) is 0. The molecule has 1 aromatic rings. The van der Waals surface area contributed by atoms with Gasteiger partial charge in [-0.1, -0.05) is 0 Å². The Labute approximate surface area is 141 Å². The van der Waals surface area contributed by atoms with E-state index < -0.39 is 0 Å². The van der Waals surface area contributed by atoms with Crippen LogP contribution in [0.4, 0.5) is 0 Å². The Hall–Kier alpha value is -0.556. The molecule has 2 aliphatic carbocycles. The number of hydrogen-bond acceptors (Lipinski definition) is 0. The van der Waals surface area contributed by atoms with E-state index >= 15 is 0 Å². The zero-order chi connectivity index (χ0) is 13.5. The molecule has 0 spiro atoms. The third kappa shape index (κ3) is 2.94. The molecule has 2 atom stereocenters. The molecule has 2 unspecified atom stereocenters. The molecule has 0 nitrogen and oxygen atoms in total. The fraction of sp³-hybridized carbons (Fsp3) is 0.333. The number of fused-ring (bicyclic) bond motifs is 2. The predicted molar refractivity (Wildman–Crippen MR) is 84.9 cm³/mol. The van der Waals surface area contributed by atoms with Crippen molar-refractivity contribution in [3.05, 3.63) is 62.3 Å². The van der Waals surface area contributed by atoms with E-state index in [2.05, 4.69) is 49.4 Å². The summed E-state index contributed by atoms with van der Waals surface area (Å²) in [6.07, 6.45) is 12.9. The third-order valence-electron chi connectivity index (χ3n) is 4.44. The summed E-state index contributed by atoms with van der Waals surface area (Å²) in [7, 11) is 0.253. The molecule has 1 saturated heterocycles. The molecular weight excluding hydrogens is 333 g/mol. The zero-order valence-electron chi connectivity index (χ0n) is 12.7. The van der Waals surface area contributed by atoms with Gasteiger partial charge in [-0.3, -0.25) is 0 Å². The van der Waals surface area contributed by atoms with E-state index in [0.29, 0.717) is 0 Å². The second-order valence-corrected chi connectivity index (χ2v) is 10.4. The molecule has 4 rings (SSSR count). The van der Waals surface area contributed by atoms with Crippen LogP contribution in [-0.4, -0.2) is 12.3 Å². The van der Waals surface area contributed by atoms with E-state index in [1.54, 1.807) is 11.1 Å². The second kappa shape index (κ2) is 7.34. The Kier molecular flexibility index (Phi) is 5.94. The minimum absolute atomic E-state index is 0. The van der Waals surface area contributed by atoms with Gasteiger partial charge < -0.3 is 9.41 Å². The van der Waals surface area contributed by atoms with Crippen LogP contribution in [0.1, 0.15) is 35.1 Å². The SMILES string of the molecule is CCCP1CC2=CC[C]([Ti+2][CH]3C=Cc4ccccc43)=C21.[F-].[F-]. The first-order chi connectivity index (χ1) is 9.86. The summed E-state index contributed by atoms with van der Waals surface area (Å²) in [4.78, 5) is 0. The van der Waals surface area contributed by atoms with Gasteiger partial charge in [0.25, 0.3) is 0 Å². The molecule has 0 bridgehead atoms. The minimum atomic E-state index is -0.0224. The first kappa shape index (κ1) is 17.8. The second-order valence-electron chi connectivity index (χ2n) is 5.79. The Morgan fingerprint density at radius 1 is 1.23 bits per heavy atom. The van der Waals surface area contributed by atoms with Crippen LogP contribution >= 0.6 is 7.92 Å². The van der Waals surface area contributed by atoms with Gasteiger partial charge in [0.15, 0.2) is 0 Å². The van der Waals surface area contributed by atoms with Crippen molar-refractivity contribution in [3.8, 4) is 0 Å². The number of rotatable bonds is 4. The van der Waals surface area contributed by atoms with Crippen molar-refractivity contribution >= 4 is 14.0 Å². The maximum Gasteiger partial charge on any atom is -1.00 e. The molecule has 22 heavy (non-hydrogen) atoms. The van der Waals surface area contributed by atoms with Gasteiger partial charge in [-0.2, -0.15) is 0 Å². The first-order valence-electron chi connectivity index (χ1n) is 7.58. The van der Waals surface area contributed by atoms with Crippen molar-refractivity contribution < 1.29 is 28.6 Å². The topological polar surface area (TPSA) is 0 Å². The molecular formula is C18H19F2PTi. The smallest absolute Gasteiger partial charge is 1.00 e. The van der Waals surface area contributed by atoms with Gasteiger partial charge in [0, 0.05) is 0 Å². The largest absolute Gasteiger partial charge is 1.00 e. The Bertz CT molecular complexity index is 648. The van der Waals surface area contributed by atoms with Crippen LogP contribution in [0.2, 0.25) is 0 Å². The number of benzene rings is 1. The molecule has 1 aromatic carbocycles. The van der Waals surface area contributed by atoms with Crippen molar-refractivity contribution in [2.45, 2.75) is 24.0 Å². The third-order valence-corrected chi connectivity index (χ3v) is 10.2. The minimum Gasteiger partial charge on any atom is -1.00 e. The van der Waals surface area contributed by atoms with Crippen molar-refractivity contribution in [2.75, 3.05) is 12.3 Å². The summed E-state index contributed by atoms with van der Waals surface area (Å²) in [6, 6.07) is 8.97. The van der Waals surface area contributed by atoms with E-state index in [4.69, 9.17) is 0 Å². The molecule has 0 radical (unpaired) electrons. The van der Waals surface area contributed by atoms with E-state index in [-0.39, 0.29) is 36.5 Å². The van der Waals surface area contributed by atoms with E-state index in [1.165, 1.54) is 30.7 Å². The molecule has 1 aliphatic heterocycles. The fourth-order valence-corrected chi connectivity index (χ4v) is 9.40. The average molecular weight is 352 g/mol. The summed E-state index contributed by atoms with van der Waals surface area (Å²) in [6.45, 7) is 2.34. The normalized spacial score (nSPS) is 23.6. The van der Waals surface area contributed by atoms with Crippen molar-refractivity contribution in [1.82, 2.24) is 0 Å². The number of hydrogen-bond donors (Lipinski definition) is 0. The van der Waals surface area contributed by atoms with Gasteiger partial charge in [0.1, 0.15) is 0 Å². The standard InChI is InChI=1S/C9H12P.C9H7.2FH.Ti/c1-2-6-10-7-8-4-3-5-9(8)10;1-2-5-9-7-3-6-8(9)4-1;;;/h4H,2-3,6-7H2,1H3;1-7H;2*1H;/q;;;;+2/p-2. The molecule has 0 amide bonds. The summed E-state index contributed by atoms with van der Waals surface area (Å²) >= 11 is -0.0224. The maximum absolute atomic E-state index is 2.53. The molecule has 1 heterocycles. The molecule has 1 fully saturated rings. The van der Waals surface area contributed by atoms with Crippen LogP contribution in [0.15, 0.2) is 51.2 Å². The number of allylic oxidation sites excluding steroid dienone is 5. The number of halogens is 2. The molecule has 4 heteroatoms. The van der Waals surface area contributed by atoms with Gasteiger partial charge in [-0.15, -0.1) is 0 Å². The summed E-state index contributed by atoms with van der Waals surface area (Å²) < 4.78 is 2.64. The Morgan fingerprint density at radius 2 is 2.05 bits per heavy atom. The van der Waals surface area contributed by atoms with Gasteiger partial charge in [0.2, 0.25) is 0 Å². The van der Waals surface area contributed by atoms with Gasteiger partial charge in [-0.25, -0.2) is 0 Å². The quantitative estimate of drug-likeness (QED) is 0.496. The Morgan fingerprint density at radius 3 is 2.86 bits per heavy atom. The van der Waals surface area contributed by atoms with Crippen LogP contribution < -0.4 is 9.41 Å². The van der Waals surface area contributed by atoms with Crippen molar-refractivity contribution in [2.24, 2.45) is 0 Å². The molecule has 0 saturated carbocycles. The molecule has 0 N–H and O–H groups in total. The monoisotopic (exact) mass is 352 g/mol. The van der Waals surface area contributed by atoms with Gasteiger partial charge >= 0.3 is 132 Å². The average Bonchev–Trinajstić information content (AvgIpc) is 2.98. The summed E-state index contributed by atoms with van der Waals surface area (Å²) in [5, 5.41) is 1.87.